The minimum Gasteiger partial charge on any atom is -0.353 e. The molecule has 2 atom stereocenters. The Balaban J connectivity index is 4.07. The maximum absolute atomic E-state index is 12.0. The van der Waals surface area contributed by atoms with Crippen LogP contribution in [0.4, 0.5) is 0 Å². The summed E-state index contributed by atoms with van der Waals surface area (Å²) < 4.78 is 0. The van der Waals surface area contributed by atoms with Gasteiger partial charge in [0, 0.05) is 18.0 Å². The van der Waals surface area contributed by atoms with Gasteiger partial charge in [-0.1, -0.05) is 26.7 Å². The maximum Gasteiger partial charge on any atom is 0.223 e. The monoisotopic (exact) mass is 228 g/mol. The average molecular weight is 228 g/mol. The molecule has 0 heterocycles. The lowest BCUT2D eigenvalue weighted by molar-refractivity contribution is -0.126. The summed E-state index contributed by atoms with van der Waals surface area (Å²) in [6.45, 7) is 8.25. The van der Waals surface area contributed by atoms with Crippen molar-refractivity contribution < 1.29 is 4.79 Å². The molecule has 0 spiro atoms. The van der Waals surface area contributed by atoms with Crippen LogP contribution in [0.3, 0.4) is 0 Å². The molecule has 3 N–H and O–H groups in total. The van der Waals surface area contributed by atoms with Crippen LogP contribution in [-0.4, -0.2) is 18.0 Å². The largest absolute Gasteiger partial charge is 0.353 e. The molecule has 0 bridgehead atoms. The van der Waals surface area contributed by atoms with Crippen molar-refractivity contribution in [1.82, 2.24) is 5.32 Å². The number of rotatable bonds is 8. The zero-order valence-electron chi connectivity index (χ0n) is 11.3. The topological polar surface area (TPSA) is 55.1 Å². The molecule has 2 unspecified atom stereocenters. The molecule has 0 radical (unpaired) electrons. The highest BCUT2D eigenvalue weighted by Gasteiger charge is 2.18. The first-order valence-corrected chi connectivity index (χ1v) is 6.57. The zero-order valence-corrected chi connectivity index (χ0v) is 11.3. The fourth-order valence-corrected chi connectivity index (χ4v) is 2.08. The van der Waals surface area contributed by atoms with E-state index in [0.717, 1.165) is 32.1 Å². The van der Waals surface area contributed by atoms with E-state index in [1.165, 1.54) is 0 Å². The molecule has 0 saturated carbocycles. The van der Waals surface area contributed by atoms with Crippen LogP contribution in [-0.2, 0) is 4.79 Å². The summed E-state index contributed by atoms with van der Waals surface area (Å²) in [7, 11) is 0. The SMILES string of the molecule is CCCC(CCC)C(=O)NC(C)CC(C)N. The van der Waals surface area contributed by atoms with Gasteiger partial charge in [0.25, 0.3) is 0 Å². The number of carbonyl (C=O) groups is 1. The summed E-state index contributed by atoms with van der Waals surface area (Å²) in [6, 6.07) is 0.329. The van der Waals surface area contributed by atoms with Crippen LogP contribution < -0.4 is 11.1 Å². The Morgan fingerprint density at radius 1 is 1.19 bits per heavy atom. The number of carbonyl (C=O) groups excluding carboxylic acids is 1. The van der Waals surface area contributed by atoms with Crippen molar-refractivity contribution in [2.24, 2.45) is 11.7 Å². The van der Waals surface area contributed by atoms with Gasteiger partial charge in [0.2, 0.25) is 5.91 Å². The van der Waals surface area contributed by atoms with Gasteiger partial charge in [-0.25, -0.2) is 0 Å². The van der Waals surface area contributed by atoms with Gasteiger partial charge in [0.1, 0.15) is 0 Å². The van der Waals surface area contributed by atoms with Gasteiger partial charge in [-0.3, -0.25) is 4.79 Å². The first-order chi connectivity index (χ1) is 7.51. The Morgan fingerprint density at radius 3 is 2.06 bits per heavy atom. The molecule has 96 valence electrons. The summed E-state index contributed by atoms with van der Waals surface area (Å²) in [6.07, 6.45) is 4.96. The number of nitrogens with one attached hydrogen (secondary N) is 1. The van der Waals surface area contributed by atoms with Gasteiger partial charge in [0.15, 0.2) is 0 Å². The standard InChI is InChI=1S/C13H28N2O/c1-5-7-12(8-6-2)13(16)15-11(4)9-10(3)14/h10-12H,5-9,14H2,1-4H3,(H,15,16). The highest BCUT2D eigenvalue weighted by molar-refractivity contribution is 5.78. The number of hydrogen-bond acceptors (Lipinski definition) is 2. The van der Waals surface area contributed by atoms with Gasteiger partial charge in [-0.2, -0.15) is 0 Å². The van der Waals surface area contributed by atoms with Crippen LogP contribution in [0.5, 0.6) is 0 Å². The molecule has 0 aromatic carbocycles. The predicted octanol–water partition coefficient (Wildman–Crippen LogP) is 2.44. The second-order valence-electron chi connectivity index (χ2n) is 4.90. The van der Waals surface area contributed by atoms with Crippen molar-refractivity contribution >= 4 is 5.91 Å². The molecule has 0 aromatic rings. The third-order valence-corrected chi connectivity index (χ3v) is 2.76. The van der Waals surface area contributed by atoms with Crippen molar-refractivity contribution in [3.8, 4) is 0 Å². The second-order valence-corrected chi connectivity index (χ2v) is 4.90. The van der Waals surface area contributed by atoms with E-state index >= 15 is 0 Å². The number of hydrogen-bond donors (Lipinski definition) is 2. The summed E-state index contributed by atoms with van der Waals surface area (Å²) in [5.41, 5.74) is 5.71. The fraction of sp³-hybridized carbons (Fsp3) is 0.923. The van der Waals surface area contributed by atoms with Crippen molar-refractivity contribution in [3.63, 3.8) is 0 Å². The Morgan fingerprint density at radius 2 is 1.69 bits per heavy atom. The molecule has 0 aliphatic heterocycles. The van der Waals surface area contributed by atoms with Gasteiger partial charge in [-0.05, 0) is 33.1 Å². The minimum absolute atomic E-state index is 0.145. The average Bonchev–Trinajstić information content (AvgIpc) is 2.15. The molecule has 0 aliphatic rings. The fourth-order valence-electron chi connectivity index (χ4n) is 2.08. The van der Waals surface area contributed by atoms with E-state index in [1.54, 1.807) is 0 Å². The van der Waals surface area contributed by atoms with E-state index in [2.05, 4.69) is 19.2 Å². The Kier molecular flexibility index (Phi) is 8.26. The van der Waals surface area contributed by atoms with Crippen molar-refractivity contribution in [1.29, 1.82) is 0 Å². The summed E-state index contributed by atoms with van der Waals surface area (Å²) in [4.78, 5) is 12.0. The van der Waals surface area contributed by atoms with E-state index in [4.69, 9.17) is 5.73 Å². The lowest BCUT2D eigenvalue weighted by Crippen LogP contribution is -2.39. The first kappa shape index (κ1) is 15.4. The van der Waals surface area contributed by atoms with Gasteiger partial charge in [0.05, 0.1) is 0 Å². The quantitative estimate of drug-likeness (QED) is 0.670. The van der Waals surface area contributed by atoms with Gasteiger partial charge >= 0.3 is 0 Å². The van der Waals surface area contributed by atoms with Crippen LogP contribution in [0.15, 0.2) is 0 Å². The lowest BCUT2D eigenvalue weighted by Gasteiger charge is -2.20. The molecule has 16 heavy (non-hydrogen) atoms. The van der Waals surface area contributed by atoms with Crippen molar-refractivity contribution in [2.75, 3.05) is 0 Å². The van der Waals surface area contributed by atoms with E-state index in [9.17, 15) is 4.79 Å². The van der Waals surface area contributed by atoms with Crippen LogP contribution in [0.1, 0.15) is 59.8 Å². The van der Waals surface area contributed by atoms with Crippen LogP contribution in [0.25, 0.3) is 0 Å². The summed E-state index contributed by atoms with van der Waals surface area (Å²) in [5, 5.41) is 3.06. The van der Waals surface area contributed by atoms with E-state index in [-0.39, 0.29) is 23.9 Å². The normalized spacial score (nSPS) is 14.9. The van der Waals surface area contributed by atoms with E-state index in [0.29, 0.717) is 0 Å². The van der Waals surface area contributed by atoms with Crippen LogP contribution in [0.2, 0.25) is 0 Å². The molecule has 0 fully saturated rings. The Bertz CT molecular complexity index is 186. The van der Waals surface area contributed by atoms with Crippen molar-refractivity contribution in [2.45, 2.75) is 71.9 Å². The molecular weight excluding hydrogens is 200 g/mol. The molecule has 0 aromatic heterocycles. The maximum atomic E-state index is 12.0. The Labute approximate surface area is 100 Å². The molecule has 1 amide bonds. The predicted molar refractivity (Wildman–Crippen MR) is 69.2 cm³/mol. The van der Waals surface area contributed by atoms with Crippen LogP contribution >= 0.6 is 0 Å². The Hall–Kier alpha value is -0.570. The van der Waals surface area contributed by atoms with E-state index in [1.807, 2.05) is 13.8 Å². The van der Waals surface area contributed by atoms with Gasteiger partial charge < -0.3 is 11.1 Å². The number of amides is 1. The minimum atomic E-state index is 0.145. The molecule has 3 heteroatoms. The van der Waals surface area contributed by atoms with Crippen LogP contribution in [0, 0.1) is 5.92 Å². The molecule has 3 nitrogen and oxygen atoms in total. The molecular formula is C13H28N2O. The van der Waals surface area contributed by atoms with Crippen molar-refractivity contribution in [3.05, 3.63) is 0 Å². The highest BCUT2D eigenvalue weighted by atomic mass is 16.1. The smallest absolute Gasteiger partial charge is 0.223 e. The molecule has 0 rings (SSSR count). The number of nitrogens with two attached hydrogens (primary N) is 1. The third kappa shape index (κ3) is 6.83. The molecule has 0 aliphatic carbocycles. The first-order valence-electron chi connectivity index (χ1n) is 6.57. The highest BCUT2D eigenvalue weighted by Crippen LogP contribution is 2.14. The summed E-state index contributed by atoms with van der Waals surface area (Å²) in [5.74, 6) is 0.391. The lowest BCUT2D eigenvalue weighted by atomic mass is 9.96. The summed E-state index contributed by atoms with van der Waals surface area (Å²) >= 11 is 0. The second kappa shape index (κ2) is 8.57. The van der Waals surface area contributed by atoms with Gasteiger partial charge in [-0.15, -0.1) is 0 Å². The third-order valence-electron chi connectivity index (χ3n) is 2.76. The molecule has 0 saturated heterocycles. The van der Waals surface area contributed by atoms with E-state index < -0.39 is 0 Å². The zero-order chi connectivity index (χ0) is 12.6.